The van der Waals surface area contributed by atoms with Crippen LogP contribution in [-0.4, -0.2) is 23.8 Å². The molecule has 1 rings (SSSR count). The zero-order chi connectivity index (χ0) is 5.98. The second kappa shape index (κ2) is 2.46. The number of aliphatic hydroxyl groups is 1. The molecule has 0 amide bonds. The second-order valence-corrected chi connectivity index (χ2v) is 2.45. The smallest absolute Gasteiger partial charge is 0.0690 e. The molecule has 0 aromatic rings. The second-order valence-electron chi connectivity index (χ2n) is 2.45. The van der Waals surface area contributed by atoms with Crippen LogP contribution in [0.2, 0.25) is 0 Å². The van der Waals surface area contributed by atoms with Gasteiger partial charge in [-0.15, -0.1) is 0 Å². The third-order valence-electron chi connectivity index (χ3n) is 1.72. The van der Waals surface area contributed by atoms with Crippen molar-refractivity contribution in [3.05, 3.63) is 0 Å². The average Bonchev–Trinajstić information content (AvgIpc) is 1.77. The van der Waals surface area contributed by atoms with Crippen LogP contribution in [0.5, 0.6) is 0 Å². The van der Waals surface area contributed by atoms with E-state index in [4.69, 9.17) is 5.11 Å². The van der Waals surface area contributed by atoms with E-state index in [-0.39, 0.29) is 6.10 Å². The van der Waals surface area contributed by atoms with Gasteiger partial charge in [0.15, 0.2) is 0 Å². The van der Waals surface area contributed by atoms with Crippen molar-refractivity contribution in [3.63, 3.8) is 0 Å². The lowest BCUT2D eigenvalue weighted by molar-refractivity contribution is 0.104. The third kappa shape index (κ3) is 1.20. The number of rotatable bonds is 0. The van der Waals surface area contributed by atoms with Crippen LogP contribution >= 0.6 is 0 Å². The number of hydrogen-bond acceptors (Lipinski definition) is 2. The van der Waals surface area contributed by atoms with Gasteiger partial charge in [0.2, 0.25) is 0 Å². The van der Waals surface area contributed by atoms with Crippen LogP contribution in [0.15, 0.2) is 0 Å². The summed E-state index contributed by atoms with van der Waals surface area (Å²) >= 11 is 0. The number of hydrogen-bond donors (Lipinski definition) is 2. The van der Waals surface area contributed by atoms with Gasteiger partial charge in [0.05, 0.1) is 6.10 Å². The maximum atomic E-state index is 9.12. The van der Waals surface area contributed by atoms with E-state index >= 15 is 0 Å². The summed E-state index contributed by atoms with van der Waals surface area (Å²) in [6.45, 7) is 3.09. The lowest BCUT2D eigenvalue weighted by Gasteiger charge is -2.25. The normalized spacial score (nSPS) is 39.8. The fourth-order valence-corrected chi connectivity index (χ4v) is 1.03. The van der Waals surface area contributed by atoms with Crippen LogP contribution in [0.25, 0.3) is 0 Å². The topological polar surface area (TPSA) is 32.3 Å². The highest BCUT2D eigenvalue weighted by Crippen LogP contribution is 2.06. The molecule has 2 nitrogen and oxygen atoms in total. The highest BCUT2D eigenvalue weighted by atomic mass is 16.3. The molecule has 0 aromatic carbocycles. The van der Waals surface area contributed by atoms with E-state index in [1.165, 1.54) is 0 Å². The van der Waals surface area contributed by atoms with Crippen molar-refractivity contribution in [3.8, 4) is 0 Å². The fraction of sp³-hybridized carbons (Fsp3) is 1.00. The molecular weight excluding hydrogens is 102 g/mol. The lowest BCUT2D eigenvalue weighted by atomic mass is 10.0. The first-order valence-electron chi connectivity index (χ1n) is 3.22. The molecular formula is C6H13NO. The highest BCUT2D eigenvalue weighted by Gasteiger charge is 2.16. The zero-order valence-corrected chi connectivity index (χ0v) is 5.22. The molecule has 8 heavy (non-hydrogen) atoms. The molecule has 0 spiro atoms. The van der Waals surface area contributed by atoms with E-state index in [2.05, 4.69) is 5.32 Å². The quantitative estimate of drug-likeness (QED) is 0.470. The molecule has 48 valence electrons. The predicted molar refractivity (Wildman–Crippen MR) is 32.7 cm³/mol. The zero-order valence-electron chi connectivity index (χ0n) is 5.22. The molecule has 1 aliphatic heterocycles. The molecule has 0 bridgehead atoms. The van der Waals surface area contributed by atoms with Crippen molar-refractivity contribution in [1.82, 2.24) is 5.32 Å². The number of piperidine rings is 1. The summed E-state index contributed by atoms with van der Waals surface area (Å²) < 4.78 is 0. The third-order valence-corrected chi connectivity index (χ3v) is 1.72. The first-order valence-corrected chi connectivity index (χ1v) is 3.22. The summed E-state index contributed by atoms with van der Waals surface area (Å²) in [5, 5.41) is 12.3. The Balaban J connectivity index is 2.28. The van der Waals surface area contributed by atoms with Gasteiger partial charge in [-0.3, -0.25) is 0 Å². The van der Waals surface area contributed by atoms with Gasteiger partial charge in [-0.05, 0) is 26.3 Å². The molecule has 0 aromatic heterocycles. The fourth-order valence-electron chi connectivity index (χ4n) is 1.03. The minimum absolute atomic E-state index is 0.108. The van der Waals surface area contributed by atoms with Crippen LogP contribution in [0.4, 0.5) is 0 Å². The summed E-state index contributed by atoms with van der Waals surface area (Å²) in [6.07, 6.45) is 1.98. The van der Waals surface area contributed by atoms with Crippen molar-refractivity contribution < 1.29 is 5.11 Å². The average molecular weight is 115 g/mol. The van der Waals surface area contributed by atoms with Crippen LogP contribution < -0.4 is 5.32 Å². The van der Waals surface area contributed by atoms with Crippen molar-refractivity contribution >= 4 is 0 Å². The van der Waals surface area contributed by atoms with Crippen molar-refractivity contribution in [2.45, 2.75) is 31.9 Å². The Morgan fingerprint density at radius 2 is 2.38 bits per heavy atom. The monoisotopic (exact) mass is 115 g/mol. The summed E-state index contributed by atoms with van der Waals surface area (Å²) in [5.74, 6) is 0. The molecule has 2 atom stereocenters. The first-order chi connectivity index (χ1) is 3.80. The van der Waals surface area contributed by atoms with E-state index in [0.717, 1.165) is 19.4 Å². The minimum atomic E-state index is -0.108. The molecule has 0 saturated carbocycles. The summed E-state index contributed by atoms with van der Waals surface area (Å²) in [7, 11) is 0. The number of aliphatic hydroxyl groups excluding tert-OH is 1. The standard InChI is InChI=1S/C6H13NO/c1-5-6(8)3-2-4-7-5/h5-8H,2-4H2,1H3/t5-,6+/m1/s1. The van der Waals surface area contributed by atoms with E-state index in [0.29, 0.717) is 6.04 Å². The molecule has 1 heterocycles. The maximum absolute atomic E-state index is 9.12. The van der Waals surface area contributed by atoms with Crippen LogP contribution in [-0.2, 0) is 0 Å². The van der Waals surface area contributed by atoms with Crippen LogP contribution in [0.1, 0.15) is 19.8 Å². The number of nitrogens with one attached hydrogen (secondary N) is 1. The van der Waals surface area contributed by atoms with Gasteiger partial charge in [0.1, 0.15) is 0 Å². The molecule has 0 radical (unpaired) electrons. The molecule has 0 unspecified atom stereocenters. The lowest BCUT2D eigenvalue weighted by Crippen LogP contribution is -2.42. The minimum Gasteiger partial charge on any atom is -0.392 e. The Morgan fingerprint density at radius 1 is 1.62 bits per heavy atom. The molecule has 2 N–H and O–H groups in total. The van der Waals surface area contributed by atoms with Gasteiger partial charge in [-0.1, -0.05) is 0 Å². The molecule has 1 saturated heterocycles. The van der Waals surface area contributed by atoms with Crippen LogP contribution in [0.3, 0.4) is 0 Å². The van der Waals surface area contributed by atoms with Gasteiger partial charge in [0.25, 0.3) is 0 Å². The first kappa shape index (κ1) is 6.05. The Morgan fingerprint density at radius 3 is 2.75 bits per heavy atom. The van der Waals surface area contributed by atoms with Gasteiger partial charge < -0.3 is 10.4 Å². The van der Waals surface area contributed by atoms with E-state index in [1.807, 2.05) is 6.92 Å². The molecule has 1 fully saturated rings. The van der Waals surface area contributed by atoms with Crippen LogP contribution in [0, 0.1) is 0 Å². The molecule has 1 aliphatic rings. The summed E-state index contributed by atoms with van der Waals surface area (Å²) in [5.41, 5.74) is 0. The SMILES string of the molecule is C[C@H]1NCCC[C@@H]1O. The maximum Gasteiger partial charge on any atom is 0.0690 e. The van der Waals surface area contributed by atoms with Gasteiger partial charge in [-0.25, -0.2) is 0 Å². The Labute approximate surface area is 49.9 Å². The van der Waals surface area contributed by atoms with Crippen molar-refractivity contribution in [2.24, 2.45) is 0 Å². The predicted octanol–water partition coefficient (Wildman–Crippen LogP) is 0.119. The van der Waals surface area contributed by atoms with Gasteiger partial charge in [0, 0.05) is 6.04 Å². The molecule has 2 heteroatoms. The Hall–Kier alpha value is -0.0800. The highest BCUT2D eigenvalue weighted by molar-refractivity contribution is 4.75. The van der Waals surface area contributed by atoms with Crippen molar-refractivity contribution in [1.29, 1.82) is 0 Å². The van der Waals surface area contributed by atoms with E-state index in [9.17, 15) is 0 Å². The summed E-state index contributed by atoms with van der Waals surface area (Å²) in [4.78, 5) is 0. The largest absolute Gasteiger partial charge is 0.392 e. The van der Waals surface area contributed by atoms with E-state index < -0.39 is 0 Å². The Bertz CT molecular complexity index is 64.9. The van der Waals surface area contributed by atoms with Crippen molar-refractivity contribution in [2.75, 3.05) is 6.54 Å². The van der Waals surface area contributed by atoms with Gasteiger partial charge in [-0.2, -0.15) is 0 Å². The molecule has 0 aliphatic carbocycles. The summed E-state index contributed by atoms with van der Waals surface area (Å²) in [6, 6.07) is 0.309. The van der Waals surface area contributed by atoms with Gasteiger partial charge >= 0.3 is 0 Å². The Kier molecular flexibility index (Phi) is 1.86. The van der Waals surface area contributed by atoms with E-state index in [1.54, 1.807) is 0 Å².